The first-order chi connectivity index (χ1) is 16.7. The number of carbonyl (C=O) groups is 2. The molecule has 0 unspecified atom stereocenters. The van der Waals surface area contributed by atoms with Crippen molar-refractivity contribution in [2.75, 3.05) is 0 Å². The molecule has 1 saturated carbocycles. The van der Waals surface area contributed by atoms with E-state index < -0.39 is 23.5 Å². The van der Waals surface area contributed by atoms with Crippen molar-refractivity contribution < 1.29 is 27.2 Å². The molecule has 1 aromatic heterocycles. The lowest BCUT2D eigenvalue weighted by molar-refractivity contribution is -0.137. The van der Waals surface area contributed by atoms with E-state index in [-0.39, 0.29) is 41.7 Å². The number of hydrogen-bond acceptors (Lipinski definition) is 4. The number of pyridine rings is 1. The number of nitrogens with two attached hydrogens (primary N) is 1. The minimum Gasteiger partial charge on any atom is -0.349 e. The predicted molar refractivity (Wildman–Crippen MR) is 121 cm³/mol. The number of rotatable bonds is 7. The second kappa shape index (κ2) is 9.83. The Morgan fingerprint density at radius 2 is 1.71 bits per heavy atom. The number of nitrogens with zero attached hydrogens (tertiary/aromatic N) is 1. The Morgan fingerprint density at radius 3 is 2.29 bits per heavy atom. The van der Waals surface area contributed by atoms with Crippen LogP contribution in [0.5, 0.6) is 0 Å². The standard InChI is InChI=1S/C25H22F4N4O2/c26-21-10-16(24(35)33-18-6-7-18)9-19(20(21)11-30)22-8-3-15(13-31-22)23(34)32-12-14-1-4-17(5-2-14)25(27,28)29/h1-5,8-10,13,18H,6-7,11-12,30H2,(H,32,34)(H,33,35). The number of nitrogens with one attached hydrogen (secondary N) is 2. The Labute approximate surface area is 198 Å². The Hall–Kier alpha value is -3.79. The second-order valence-corrected chi connectivity index (χ2v) is 8.25. The minimum atomic E-state index is -4.43. The minimum absolute atomic E-state index is 0.0272. The summed E-state index contributed by atoms with van der Waals surface area (Å²) in [6.45, 7) is -0.0812. The van der Waals surface area contributed by atoms with Crippen LogP contribution in [0.15, 0.2) is 54.7 Å². The summed E-state index contributed by atoms with van der Waals surface area (Å²) in [6, 6.07) is 10.3. The van der Waals surface area contributed by atoms with Crippen LogP contribution in [0, 0.1) is 5.82 Å². The Morgan fingerprint density at radius 1 is 1.00 bits per heavy atom. The van der Waals surface area contributed by atoms with E-state index in [1.165, 1.54) is 36.5 Å². The van der Waals surface area contributed by atoms with Crippen molar-refractivity contribution in [2.45, 2.75) is 38.1 Å². The quantitative estimate of drug-likeness (QED) is 0.437. The molecule has 0 bridgehead atoms. The monoisotopic (exact) mass is 486 g/mol. The molecule has 6 nitrogen and oxygen atoms in total. The van der Waals surface area contributed by atoms with Gasteiger partial charge in [0.1, 0.15) is 5.82 Å². The van der Waals surface area contributed by atoms with E-state index in [1.807, 2.05) is 0 Å². The fourth-order valence-corrected chi connectivity index (χ4v) is 3.48. The molecule has 0 spiro atoms. The highest BCUT2D eigenvalue weighted by Gasteiger charge is 2.30. The van der Waals surface area contributed by atoms with Gasteiger partial charge in [-0.1, -0.05) is 12.1 Å². The summed E-state index contributed by atoms with van der Waals surface area (Å²) >= 11 is 0. The average Bonchev–Trinajstić information content (AvgIpc) is 3.65. The highest BCUT2D eigenvalue weighted by atomic mass is 19.4. The van der Waals surface area contributed by atoms with E-state index in [9.17, 15) is 27.2 Å². The molecule has 182 valence electrons. The van der Waals surface area contributed by atoms with Gasteiger partial charge < -0.3 is 16.4 Å². The van der Waals surface area contributed by atoms with Crippen molar-refractivity contribution in [3.05, 3.63) is 88.4 Å². The van der Waals surface area contributed by atoms with Crippen LogP contribution in [-0.2, 0) is 19.3 Å². The molecule has 1 fully saturated rings. The lowest BCUT2D eigenvalue weighted by Gasteiger charge is -2.13. The third-order valence-electron chi connectivity index (χ3n) is 5.61. The molecule has 3 aromatic rings. The molecule has 0 aliphatic heterocycles. The van der Waals surface area contributed by atoms with Gasteiger partial charge in [-0.3, -0.25) is 14.6 Å². The molecule has 35 heavy (non-hydrogen) atoms. The number of halogens is 4. The molecule has 2 aromatic carbocycles. The summed E-state index contributed by atoms with van der Waals surface area (Å²) in [7, 11) is 0. The van der Waals surface area contributed by atoms with Crippen molar-refractivity contribution in [1.82, 2.24) is 15.6 Å². The number of alkyl halides is 3. The van der Waals surface area contributed by atoms with E-state index in [1.54, 1.807) is 0 Å². The van der Waals surface area contributed by atoms with Crippen molar-refractivity contribution in [2.24, 2.45) is 5.73 Å². The van der Waals surface area contributed by atoms with Gasteiger partial charge in [-0.15, -0.1) is 0 Å². The van der Waals surface area contributed by atoms with Crippen molar-refractivity contribution >= 4 is 11.8 Å². The van der Waals surface area contributed by atoms with E-state index in [0.717, 1.165) is 31.0 Å². The smallest absolute Gasteiger partial charge is 0.349 e. The van der Waals surface area contributed by atoms with Crippen molar-refractivity contribution in [1.29, 1.82) is 0 Å². The van der Waals surface area contributed by atoms with Gasteiger partial charge in [0.15, 0.2) is 0 Å². The maximum absolute atomic E-state index is 14.7. The normalized spacial score (nSPS) is 13.4. The van der Waals surface area contributed by atoms with Crippen LogP contribution in [0.25, 0.3) is 11.3 Å². The molecule has 0 radical (unpaired) electrons. The van der Waals surface area contributed by atoms with Crippen molar-refractivity contribution in [3.8, 4) is 11.3 Å². The van der Waals surface area contributed by atoms with Crippen LogP contribution < -0.4 is 16.4 Å². The highest BCUT2D eigenvalue weighted by molar-refractivity contribution is 5.96. The van der Waals surface area contributed by atoms with Gasteiger partial charge >= 0.3 is 6.18 Å². The Kier molecular flexibility index (Phi) is 6.83. The van der Waals surface area contributed by atoms with Gasteiger partial charge in [-0.2, -0.15) is 13.2 Å². The molecule has 0 atom stereocenters. The zero-order valence-electron chi connectivity index (χ0n) is 18.5. The molecular formula is C25H22F4N4O2. The van der Waals surface area contributed by atoms with Gasteiger partial charge in [0.25, 0.3) is 11.8 Å². The number of carbonyl (C=O) groups excluding carboxylic acids is 2. The van der Waals surface area contributed by atoms with E-state index in [0.29, 0.717) is 16.8 Å². The van der Waals surface area contributed by atoms with Gasteiger partial charge in [0, 0.05) is 42.0 Å². The maximum atomic E-state index is 14.7. The van der Waals surface area contributed by atoms with Gasteiger partial charge in [0.2, 0.25) is 0 Å². The van der Waals surface area contributed by atoms with Crippen LogP contribution in [0.2, 0.25) is 0 Å². The van der Waals surface area contributed by atoms with E-state index in [2.05, 4.69) is 15.6 Å². The lowest BCUT2D eigenvalue weighted by Crippen LogP contribution is -2.25. The number of benzene rings is 2. The molecule has 1 aliphatic carbocycles. The van der Waals surface area contributed by atoms with Crippen LogP contribution in [0.3, 0.4) is 0 Å². The zero-order valence-corrected chi connectivity index (χ0v) is 18.5. The molecule has 10 heteroatoms. The van der Waals surface area contributed by atoms with E-state index in [4.69, 9.17) is 5.73 Å². The van der Waals surface area contributed by atoms with Gasteiger partial charge in [-0.25, -0.2) is 4.39 Å². The van der Waals surface area contributed by atoms with Crippen LogP contribution in [0.1, 0.15) is 50.2 Å². The third-order valence-corrected chi connectivity index (χ3v) is 5.61. The highest BCUT2D eigenvalue weighted by Crippen LogP contribution is 2.29. The summed E-state index contributed by atoms with van der Waals surface area (Å²) in [4.78, 5) is 29.1. The number of amides is 2. The molecule has 4 rings (SSSR count). The van der Waals surface area contributed by atoms with Gasteiger partial charge in [0.05, 0.1) is 16.8 Å². The maximum Gasteiger partial charge on any atom is 0.416 e. The summed E-state index contributed by atoms with van der Waals surface area (Å²) in [5.41, 5.74) is 6.69. The first-order valence-electron chi connectivity index (χ1n) is 10.9. The first-order valence-corrected chi connectivity index (χ1v) is 10.9. The fourth-order valence-electron chi connectivity index (χ4n) is 3.48. The predicted octanol–water partition coefficient (Wildman–Crippen LogP) is 4.19. The molecule has 4 N–H and O–H groups in total. The fraction of sp³-hybridized carbons (Fsp3) is 0.240. The number of hydrogen-bond donors (Lipinski definition) is 3. The molecule has 2 amide bonds. The molecule has 1 heterocycles. The summed E-state index contributed by atoms with van der Waals surface area (Å²) in [5.74, 6) is -1.48. The average molecular weight is 486 g/mol. The van der Waals surface area contributed by atoms with Gasteiger partial charge in [-0.05, 0) is 54.8 Å². The summed E-state index contributed by atoms with van der Waals surface area (Å²) in [6.07, 6.45) is -1.34. The van der Waals surface area contributed by atoms with Crippen molar-refractivity contribution in [3.63, 3.8) is 0 Å². The Bertz CT molecular complexity index is 1240. The topological polar surface area (TPSA) is 97.1 Å². The Balaban J connectivity index is 1.47. The summed E-state index contributed by atoms with van der Waals surface area (Å²) in [5, 5.41) is 5.43. The molecule has 1 aliphatic rings. The lowest BCUT2D eigenvalue weighted by atomic mass is 9.99. The summed E-state index contributed by atoms with van der Waals surface area (Å²) < 4.78 is 52.7. The zero-order chi connectivity index (χ0) is 25.2. The van der Waals surface area contributed by atoms with E-state index >= 15 is 0 Å². The first kappa shape index (κ1) is 24.3. The molecular weight excluding hydrogens is 464 g/mol. The molecule has 0 saturated heterocycles. The largest absolute Gasteiger partial charge is 0.416 e. The number of aromatic nitrogens is 1. The van der Waals surface area contributed by atoms with Crippen LogP contribution in [0.4, 0.5) is 17.6 Å². The second-order valence-electron chi connectivity index (χ2n) is 8.25. The SMILES string of the molecule is NCc1c(F)cc(C(=O)NC2CC2)cc1-c1ccc(C(=O)NCc2ccc(C(F)(F)F)cc2)cn1. The van der Waals surface area contributed by atoms with Crippen LogP contribution in [-0.4, -0.2) is 22.8 Å². The van der Waals surface area contributed by atoms with Crippen LogP contribution >= 0.6 is 0 Å². The third kappa shape index (κ3) is 5.83.